The number of nitrogens with two attached hydrogens (primary N) is 1. The van der Waals surface area contributed by atoms with Crippen LogP contribution in [0.5, 0.6) is 0 Å². The second-order valence-electron chi connectivity index (χ2n) is 6.20. The van der Waals surface area contributed by atoms with Crippen LogP contribution in [-0.2, 0) is 0 Å². The number of nitro benzene ring substituents is 1. The van der Waals surface area contributed by atoms with Crippen molar-refractivity contribution in [2.75, 3.05) is 11.4 Å². The average Bonchev–Trinajstić information content (AvgIpc) is 3.27. The molecule has 1 amide bonds. The molecule has 132 valence electrons. The van der Waals surface area contributed by atoms with Crippen molar-refractivity contribution in [2.24, 2.45) is 5.73 Å². The van der Waals surface area contributed by atoms with Crippen LogP contribution in [0.4, 0.5) is 11.4 Å². The van der Waals surface area contributed by atoms with Crippen LogP contribution in [-0.4, -0.2) is 22.4 Å². The maximum atomic E-state index is 11.6. The van der Waals surface area contributed by atoms with Crippen LogP contribution in [0.15, 0.2) is 42.5 Å². The number of amides is 1. The Morgan fingerprint density at radius 2 is 2.12 bits per heavy atom. The van der Waals surface area contributed by atoms with Crippen molar-refractivity contribution >= 4 is 38.8 Å². The minimum atomic E-state index is -0.677. The molecule has 1 aromatic heterocycles. The number of carbonyl (C=O) groups is 1. The van der Waals surface area contributed by atoms with Crippen LogP contribution >= 0.6 is 11.3 Å². The minimum absolute atomic E-state index is 0.00877. The predicted molar refractivity (Wildman–Crippen MR) is 101 cm³/mol. The van der Waals surface area contributed by atoms with E-state index in [0.29, 0.717) is 12.2 Å². The van der Waals surface area contributed by atoms with Gasteiger partial charge in [0.2, 0.25) is 5.91 Å². The number of rotatable bonds is 4. The summed E-state index contributed by atoms with van der Waals surface area (Å²) in [6.45, 7) is 0.706. The van der Waals surface area contributed by atoms with Crippen molar-refractivity contribution in [3.8, 4) is 0 Å². The van der Waals surface area contributed by atoms with E-state index < -0.39 is 10.8 Å². The minimum Gasteiger partial charge on any atom is -0.366 e. The van der Waals surface area contributed by atoms with Gasteiger partial charge in [0.25, 0.3) is 5.69 Å². The molecule has 0 saturated carbocycles. The Labute approximate surface area is 153 Å². The van der Waals surface area contributed by atoms with E-state index in [9.17, 15) is 14.9 Å². The molecule has 8 heteroatoms. The summed E-state index contributed by atoms with van der Waals surface area (Å²) in [5.74, 6) is -0.677. The summed E-state index contributed by atoms with van der Waals surface area (Å²) < 4.78 is 1.10. The number of benzene rings is 2. The SMILES string of the molecule is NC(=O)c1ccc(N2CCCC2c2nc3ccccc3s2)c([N+](=O)[O-])c1. The molecule has 2 N–H and O–H groups in total. The highest BCUT2D eigenvalue weighted by Gasteiger charge is 2.33. The molecule has 7 nitrogen and oxygen atoms in total. The van der Waals surface area contributed by atoms with Gasteiger partial charge in [-0.3, -0.25) is 14.9 Å². The Kier molecular flexibility index (Phi) is 4.04. The molecule has 1 fully saturated rings. The first-order valence-electron chi connectivity index (χ1n) is 8.25. The van der Waals surface area contributed by atoms with Crippen molar-refractivity contribution in [2.45, 2.75) is 18.9 Å². The molecule has 2 heterocycles. The van der Waals surface area contributed by atoms with Crippen LogP contribution in [0, 0.1) is 10.1 Å². The number of carbonyl (C=O) groups excluding carboxylic acids is 1. The third-order valence-corrected chi connectivity index (χ3v) is 5.75. The molecule has 1 aliphatic heterocycles. The molecule has 1 unspecified atom stereocenters. The van der Waals surface area contributed by atoms with E-state index in [1.165, 1.54) is 6.07 Å². The molecule has 0 aliphatic carbocycles. The lowest BCUT2D eigenvalue weighted by Gasteiger charge is -2.25. The Bertz CT molecular complexity index is 984. The molecular formula is C18H16N4O3S. The molecule has 1 atom stereocenters. The number of hydrogen-bond acceptors (Lipinski definition) is 6. The molecular weight excluding hydrogens is 352 g/mol. The van der Waals surface area contributed by atoms with Crippen molar-refractivity contribution in [3.05, 3.63) is 63.1 Å². The summed E-state index contributed by atoms with van der Waals surface area (Å²) >= 11 is 1.62. The second-order valence-corrected chi connectivity index (χ2v) is 7.26. The maximum absolute atomic E-state index is 11.6. The van der Waals surface area contributed by atoms with Gasteiger partial charge >= 0.3 is 0 Å². The molecule has 3 aromatic rings. The van der Waals surface area contributed by atoms with Crippen LogP contribution in [0.25, 0.3) is 10.2 Å². The smallest absolute Gasteiger partial charge is 0.293 e. The Hall–Kier alpha value is -3.00. The number of nitro groups is 1. The monoisotopic (exact) mass is 368 g/mol. The van der Waals surface area contributed by atoms with Gasteiger partial charge in [-0.05, 0) is 37.1 Å². The summed E-state index contributed by atoms with van der Waals surface area (Å²) in [7, 11) is 0. The number of anilines is 1. The first-order chi connectivity index (χ1) is 12.5. The fraction of sp³-hybridized carbons (Fsp3) is 0.222. The lowest BCUT2D eigenvalue weighted by Crippen LogP contribution is -2.23. The third-order valence-electron chi connectivity index (χ3n) is 4.61. The highest BCUT2D eigenvalue weighted by Crippen LogP contribution is 2.42. The highest BCUT2D eigenvalue weighted by molar-refractivity contribution is 7.18. The molecule has 0 spiro atoms. The summed E-state index contributed by atoms with van der Waals surface area (Å²) in [4.78, 5) is 29.2. The second kappa shape index (κ2) is 6.38. The number of hydrogen-bond donors (Lipinski definition) is 1. The maximum Gasteiger partial charge on any atom is 0.293 e. The average molecular weight is 368 g/mol. The number of nitrogens with zero attached hydrogens (tertiary/aromatic N) is 3. The standard InChI is InChI=1S/C18H16N4O3S/c19-17(23)11-7-8-13(15(10-11)22(24)25)21-9-3-5-14(21)18-20-12-4-1-2-6-16(12)26-18/h1-2,4,6-8,10,14H,3,5,9H2,(H2,19,23). The number of aromatic nitrogens is 1. The largest absolute Gasteiger partial charge is 0.366 e. The quantitative estimate of drug-likeness (QED) is 0.559. The fourth-order valence-corrected chi connectivity index (χ4v) is 4.53. The molecule has 0 radical (unpaired) electrons. The predicted octanol–water partition coefficient (Wildman–Crippen LogP) is 3.64. The number of fused-ring (bicyclic) bond motifs is 1. The van der Waals surface area contributed by atoms with Crippen molar-refractivity contribution < 1.29 is 9.72 Å². The zero-order chi connectivity index (χ0) is 18.3. The summed E-state index contributed by atoms with van der Waals surface area (Å²) in [6, 6.07) is 12.3. The summed E-state index contributed by atoms with van der Waals surface area (Å²) in [6.07, 6.45) is 1.81. The van der Waals surface area contributed by atoms with Crippen molar-refractivity contribution in [1.82, 2.24) is 4.98 Å². The van der Waals surface area contributed by atoms with Gasteiger partial charge in [0.05, 0.1) is 21.2 Å². The van der Waals surface area contributed by atoms with E-state index in [2.05, 4.69) is 0 Å². The lowest BCUT2D eigenvalue weighted by molar-refractivity contribution is -0.384. The van der Waals surface area contributed by atoms with E-state index in [-0.39, 0.29) is 17.3 Å². The van der Waals surface area contributed by atoms with Gasteiger partial charge in [-0.15, -0.1) is 11.3 Å². The van der Waals surface area contributed by atoms with Gasteiger partial charge < -0.3 is 10.6 Å². The van der Waals surface area contributed by atoms with Crippen LogP contribution in [0.2, 0.25) is 0 Å². The summed E-state index contributed by atoms with van der Waals surface area (Å²) in [5.41, 5.74) is 6.74. The van der Waals surface area contributed by atoms with E-state index in [1.54, 1.807) is 23.5 Å². The number of thiazole rings is 1. The van der Waals surface area contributed by atoms with E-state index in [0.717, 1.165) is 28.1 Å². The Balaban J connectivity index is 1.76. The number of para-hydroxylation sites is 1. The van der Waals surface area contributed by atoms with Crippen molar-refractivity contribution in [1.29, 1.82) is 0 Å². The fourth-order valence-electron chi connectivity index (χ4n) is 3.41. The van der Waals surface area contributed by atoms with Crippen LogP contribution in [0.3, 0.4) is 0 Å². The van der Waals surface area contributed by atoms with Crippen LogP contribution in [0.1, 0.15) is 34.2 Å². The highest BCUT2D eigenvalue weighted by atomic mass is 32.1. The van der Waals surface area contributed by atoms with Gasteiger partial charge in [0.1, 0.15) is 10.7 Å². The topological polar surface area (TPSA) is 102 Å². The van der Waals surface area contributed by atoms with E-state index in [4.69, 9.17) is 10.7 Å². The lowest BCUT2D eigenvalue weighted by atomic mass is 10.1. The summed E-state index contributed by atoms with van der Waals surface area (Å²) in [5, 5.41) is 12.5. The molecule has 26 heavy (non-hydrogen) atoms. The van der Waals surface area contributed by atoms with E-state index >= 15 is 0 Å². The van der Waals surface area contributed by atoms with Gasteiger partial charge in [-0.2, -0.15) is 0 Å². The van der Waals surface area contributed by atoms with Gasteiger partial charge in [0.15, 0.2) is 0 Å². The van der Waals surface area contributed by atoms with Crippen molar-refractivity contribution in [3.63, 3.8) is 0 Å². The molecule has 0 bridgehead atoms. The molecule has 1 aliphatic rings. The zero-order valence-electron chi connectivity index (χ0n) is 13.8. The zero-order valence-corrected chi connectivity index (χ0v) is 14.6. The molecule has 2 aromatic carbocycles. The number of primary amides is 1. The molecule has 1 saturated heterocycles. The molecule has 4 rings (SSSR count). The first kappa shape index (κ1) is 16.5. The van der Waals surface area contributed by atoms with Crippen LogP contribution < -0.4 is 10.6 Å². The Morgan fingerprint density at radius 1 is 1.31 bits per heavy atom. The third kappa shape index (κ3) is 2.78. The normalized spacial score (nSPS) is 16.9. The van der Waals surface area contributed by atoms with Gasteiger partial charge in [-0.25, -0.2) is 4.98 Å². The van der Waals surface area contributed by atoms with Gasteiger partial charge in [0, 0.05) is 18.2 Å². The Morgan fingerprint density at radius 3 is 2.85 bits per heavy atom. The first-order valence-corrected chi connectivity index (χ1v) is 9.06. The van der Waals surface area contributed by atoms with Gasteiger partial charge in [-0.1, -0.05) is 12.1 Å². The van der Waals surface area contributed by atoms with E-state index in [1.807, 2.05) is 29.2 Å².